The minimum Gasteiger partial charge on any atom is -0.481 e. The van der Waals surface area contributed by atoms with Crippen LogP contribution in [-0.2, 0) is 9.53 Å². The molecule has 1 saturated heterocycles. The topological polar surface area (TPSA) is 46.5 Å². The summed E-state index contributed by atoms with van der Waals surface area (Å²) in [4.78, 5) is 11.4. The average molecular weight is 289 g/mol. The van der Waals surface area contributed by atoms with E-state index in [0.717, 1.165) is 19.3 Å². The monoisotopic (exact) mass is 288 g/mol. The van der Waals surface area contributed by atoms with Crippen molar-refractivity contribution in [1.82, 2.24) is 0 Å². The summed E-state index contributed by atoms with van der Waals surface area (Å²) in [5.41, 5.74) is 0.642. The zero-order chi connectivity index (χ0) is 13.1. The number of carboxylic acids is 1. The van der Waals surface area contributed by atoms with Gasteiger partial charge in [-0.3, -0.25) is 4.79 Å². The SMILES string of the molecule is O=C(O)C(c1ccc(Cl)c(Cl)c1)C1CCCCO1. The highest BCUT2D eigenvalue weighted by Crippen LogP contribution is 2.32. The van der Waals surface area contributed by atoms with E-state index in [-0.39, 0.29) is 6.10 Å². The molecule has 0 aromatic heterocycles. The molecule has 0 bridgehead atoms. The van der Waals surface area contributed by atoms with Gasteiger partial charge in [-0.05, 0) is 37.0 Å². The minimum atomic E-state index is -0.889. The Morgan fingerprint density at radius 1 is 1.33 bits per heavy atom. The van der Waals surface area contributed by atoms with Crippen LogP contribution in [0.5, 0.6) is 0 Å². The summed E-state index contributed by atoms with van der Waals surface area (Å²) in [6.07, 6.45) is 2.46. The predicted molar refractivity (Wildman–Crippen MR) is 70.4 cm³/mol. The molecule has 1 fully saturated rings. The lowest BCUT2D eigenvalue weighted by Gasteiger charge is -2.28. The molecule has 1 aliphatic heterocycles. The number of hydrogen-bond donors (Lipinski definition) is 1. The van der Waals surface area contributed by atoms with E-state index in [9.17, 15) is 9.90 Å². The van der Waals surface area contributed by atoms with Crippen molar-refractivity contribution in [2.24, 2.45) is 0 Å². The molecule has 0 radical (unpaired) electrons. The maximum Gasteiger partial charge on any atom is 0.313 e. The smallest absolute Gasteiger partial charge is 0.313 e. The standard InChI is InChI=1S/C13H14Cl2O3/c14-9-5-4-8(7-10(9)15)12(13(16)17)11-3-1-2-6-18-11/h4-5,7,11-12H,1-3,6H2,(H,16,17). The molecule has 3 nitrogen and oxygen atoms in total. The molecular formula is C13H14Cl2O3. The molecular weight excluding hydrogens is 275 g/mol. The third-order valence-corrected chi connectivity index (χ3v) is 3.89. The predicted octanol–water partition coefficient (Wildman–Crippen LogP) is 3.73. The summed E-state index contributed by atoms with van der Waals surface area (Å²) in [5, 5.41) is 10.2. The number of halogens is 2. The van der Waals surface area contributed by atoms with Crippen LogP contribution < -0.4 is 0 Å². The lowest BCUT2D eigenvalue weighted by Crippen LogP contribution is -2.31. The Hall–Kier alpha value is -0.770. The Balaban J connectivity index is 2.28. The first-order valence-corrected chi connectivity index (χ1v) is 6.64. The van der Waals surface area contributed by atoms with E-state index in [1.807, 2.05) is 0 Å². The van der Waals surface area contributed by atoms with Gasteiger partial charge in [0, 0.05) is 6.61 Å². The fourth-order valence-electron chi connectivity index (χ4n) is 2.25. The van der Waals surface area contributed by atoms with Crippen LogP contribution in [0.2, 0.25) is 10.0 Å². The number of hydrogen-bond acceptors (Lipinski definition) is 2. The van der Waals surface area contributed by atoms with Crippen LogP contribution in [0, 0.1) is 0 Å². The van der Waals surface area contributed by atoms with Crippen molar-refractivity contribution in [1.29, 1.82) is 0 Å². The molecule has 1 aliphatic rings. The van der Waals surface area contributed by atoms with Crippen LogP contribution in [0.3, 0.4) is 0 Å². The van der Waals surface area contributed by atoms with Crippen LogP contribution in [0.15, 0.2) is 18.2 Å². The molecule has 5 heteroatoms. The molecule has 0 saturated carbocycles. The second-order valence-electron chi connectivity index (χ2n) is 4.39. The molecule has 0 spiro atoms. The molecule has 1 N–H and O–H groups in total. The van der Waals surface area contributed by atoms with E-state index in [1.165, 1.54) is 0 Å². The first-order valence-electron chi connectivity index (χ1n) is 5.89. The number of carboxylic acid groups (broad SMARTS) is 1. The third kappa shape index (κ3) is 2.97. The lowest BCUT2D eigenvalue weighted by molar-refractivity contribution is -0.144. The highest BCUT2D eigenvalue weighted by molar-refractivity contribution is 6.42. The largest absolute Gasteiger partial charge is 0.481 e. The van der Waals surface area contributed by atoms with Crippen LogP contribution in [0.25, 0.3) is 0 Å². The van der Waals surface area contributed by atoms with Gasteiger partial charge in [0.25, 0.3) is 0 Å². The van der Waals surface area contributed by atoms with Crippen molar-refractivity contribution in [2.75, 3.05) is 6.61 Å². The number of carbonyl (C=O) groups is 1. The highest BCUT2D eigenvalue weighted by Gasteiger charge is 2.32. The molecule has 2 atom stereocenters. The van der Waals surface area contributed by atoms with Gasteiger partial charge in [-0.1, -0.05) is 29.3 Å². The Morgan fingerprint density at radius 2 is 2.11 bits per heavy atom. The van der Waals surface area contributed by atoms with Crippen molar-refractivity contribution < 1.29 is 14.6 Å². The molecule has 1 heterocycles. The maximum absolute atomic E-state index is 11.4. The lowest BCUT2D eigenvalue weighted by atomic mass is 9.89. The fraction of sp³-hybridized carbons (Fsp3) is 0.462. The van der Waals surface area contributed by atoms with Crippen LogP contribution in [0.4, 0.5) is 0 Å². The van der Waals surface area contributed by atoms with Gasteiger partial charge in [-0.25, -0.2) is 0 Å². The van der Waals surface area contributed by atoms with E-state index < -0.39 is 11.9 Å². The van der Waals surface area contributed by atoms with E-state index in [0.29, 0.717) is 22.2 Å². The Bertz CT molecular complexity index is 442. The van der Waals surface area contributed by atoms with Crippen molar-refractivity contribution >= 4 is 29.2 Å². The highest BCUT2D eigenvalue weighted by atomic mass is 35.5. The normalized spacial score (nSPS) is 21.6. The molecule has 0 amide bonds. The van der Waals surface area contributed by atoms with Gasteiger partial charge < -0.3 is 9.84 Å². The van der Waals surface area contributed by atoms with Crippen molar-refractivity contribution in [3.05, 3.63) is 33.8 Å². The third-order valence-electron chi connectivity index (χ3n) is 3.16. The Kier molecular flexibility index (Phi) is 4.49. The Labute approximate surface area is 116 Å². The van der Waals surface area contributed by atoms with Gasteiger partial charge in [0.05, 0.1) is 16.1 Å². The summed E-state index contributed by atoms with van der Waals surface area (Å²) in [6.45, 7) is 0.621. The average Bonchev–Trinajstić information content (AvgIpc) is 2.35. The quantitative estimate of drug-likeness (QED) is 0.922. The van der Waals surface area contributed by atoms with E-state index in [1.54, 1.807) is 18.2 Å². The fourth-order valence-corrected chi connectivity index (χ4v) is 2.56. The number of benzene rings is 1. The molecule has 18 heavy (non-hydrogen) atoms. The van der Waals surface area contributed by atoms with Gasteiger partial charge in [0.1, 0.15) is 5.92 Å². The van der Waals surface area contributed by atoms with E-state index in [4.69, 9.17) is 27.9 Å². The summed E-state index contributed by atoms with van der Waals surface area (Å²) in [6, 6.07) is 4.93. The summed E-state index contributed by atoms with van der Waals surface area (Å²) < 4.78 is 5.57. The molecule has 98 valence electrons. The van der Waals surface area contributed by atoms with Crippen molar-refractivity contribution in [3.8, 4) is 0 Å². The van der Waals surface area contributed by atoms with Gasteiger partial charge in [-0.2, -0.15) is 0 Å². The van der Waals surface area contributed by atoms with Gasteiger partial charge in [-0.15, -0.1) is 0 Å². The van der Waals surface area contributed by atoms with E-state index in [2.05, 4.69) is 0 Å². The first-order chi connectivity index (χ1) is 8.59. The molecule has 0 aliphatic carbocycles. The molecule has 1 aromatic rings. The Morgan fingerprint density at radius 3 is 2.67 bits per heavy atom. The van der Waals surface area contributed by atoms with Gasteiger partial charge >= 0.3 is 5.97 Å². The first kappa shape index (κ1) is 13.7. The zero-order valence-electron chi connectivity index (χ0n) is 9.73. The second-order valence-corrected chi connectivity index (χ2v) is 5.21. The maximum atomic E-state index is 11.4. The summed E-state index contributed by atoms with van der Waals surface area (Å²) in [7, 11) is 0. The van der Waals surface area contributed by atoms with Gasteiger partial charge in [0.15, 0.2) is 0 Å². The number of aliphatic carboxylic acids is 1. The number of rotatable bonds is 3. The summed E-state index contributed by atoms with van der Waals surface area (Å²) >= 11 is 11.8. The van der Waals surface area contributed by atoms with Crippen molar-refractivity contribution in [2.45, 2.75) is 31.3 Å². The second kappa shape index (κ2) is 5.91. The summed E-state index contributed by atoms with van der Waals surface area (Å²) in [5.74, 6) is -1.57. The minimum absolute atomic E-state index is 0.284. The zero-order valence-corrected chi connectivity index (χ0v) is 11.2. The molecule has 2 unspecified atom stereocenters. The van der Waals surface area contributed by atoms with Crippen LogP contribution in [-0.4, -0.2) is 23.8 Å². The van der Waals surface area contributed by atoms with Crippen molar-refractivity contribution in [3.63, 3.8) is 0 Å². The van der Waals surface area contributed by atoms with Gasteiger partial charge in [0.2, 0.25) is 0 Å². The van der Waals surface area contributed by atoms with Crippen LogP contribution in [0.1, 0.15) is 30.7 Å². The van der Waals surface area contributed by atoms with E-state index >= 15 is 0 Å². The molecule has 2 rings (SSSR count). The molecule has 1 aromatic carbocycles. The number of ether oxygens (including phenoxy) is 1. The van der Waals surface area contributed by atoms with Crippen LogP contribution >= 0.6 is 23.2 Å².